The molecule has 2 atom stereocenters. The molecule has 0 amide bonds. The predicted octanol–water partition coefficient (Wildman–Crippen LogP) is 2.82. The fourth-order valence-electron chi connectivity index (χ4n) is 2.90. The molecule has 0 bridgehead atoms. The summed E-state index contributed by atoms with van der Waals surface area (Å²) in [5.41, 5.74) is 0.691. The first-order valence-electron chi connectivity index (χ1n) is 7.70. The maximum absolute atomic E-state index is 13.5. The Morgan fingerprint density at radius 3 is 2.85 bits per heavy atom. The van der Waals surface area contributed by atoms with Gasteiger partial charge in [0.2, 0.25) is 0 Å². The van der Waals surface area contributed by atoms with Crippen molar-refractivity contribution in [2.45, 2.75) is 25.3 Å². The van der Waals surface area contributed by atoms with Gasteiger partial charge in [-0.05, 0) is 56.8 Å². The minimum Gasteiger partial charge on any atom is -0.317 e. The van der Waals surface area contributed by atoms with Gasteiger partial charge in [0, 0.05) is 11.6 Å². The summed E-state index contributed by atoms with van der Waals surface area (Å²) in [6.45, 7) is 3.46. The number of hydrogen-bond donors (Lipinski definition) is 2. The Bertz CT molecular complexity index is 466. The second-order valence-corrected chi connectivity index (χ2v) is 5.99. The van der Waals surface area contributed by atoms with Crippen molar-refractivity contribution in [3.8, 4) is 0 Å². The summed E-state index contributed by atoms with van der Waals surface area (Å²) in [6.07, 6.45) is 7.84. The van der Waals surface area contributed by atoms with Crippen molar-refractivity contribution in [3.63, 3.8) is 0 Å². The molecule has 2 fully saturated rings. The van der Waals surface area contributed by atoms with Crippen LogP contribution >= 0.6 is 0 Å². The van der Waals surface area contributed by atoms with Crippen LogP contribution in [0, 0.1) is 17.7 Å². The van der Waals surface area contributed by atoms with Crippen molar-refractivity contribution in [1.82, 2.24) is 10.6 Å². The van der Waals surface area contributed by atoms with Crippen molar-refractivity contribution >= 4 is 6.08 Å². The lowest BCUT2D eigenvalue weighted by Gasteiger charge is -2.22. The molecule has 1 aliphatic heterocycles. The van der Waals surface area contributed by atoms with E-state index in [0.29, 0.717) is 17.5 Å². The second-order valence-electron chi connectivity index (χ2n) is 5.99. The van der Waals surface area contributed by atoms with E-state index in [4.69, 9.17) is 0 Å². The van der Waals surface area contributed by atoms with Crippen molar-refractivity contribution in [2.24, 2.45) is 11.8 Å². The van der Waals surface area contributed by atoms with Gasteiger partial charge in [0.1, 0.15) is 5.82 Å². The molecule has 1 aliphatic carbocycles. The summed E-state index contributed by atoms with van der Waals surface area (Å²) in [6, 6.07) is 7.55. The third kappa shape index (κ3) is 3.68. The van der Waals surface area contributed by atoms with E-state index in [-0.39, 0.29) is 5.82 Å². The monoisotopic (exact) mass is 274 g/mol. The molecule has 1 heterocycles. The molecule has 0 spiro atoms. The molecule has 0 aromatic heterocycles. The molecule has 2 aliphatic rings. The maximum atomic E-state index is 13.5. The lowest BCUT2D eigenvalue weighted by molar-refractivity contribution is 0.355. The Labute approximate surface area is 120 Å². The normalized spacial score (nSPS) is 27.1. The summed E-state index contributed by atoms with van der Waals surface area (Å²) in [5.74, 6) is 1.27. The minimum absolute atomic E-state index is 0.136. The fraction of sp³-hybridized carbons (Fsp3) is 0.529. The highest BCUT2D eigenvalue weighted by Gasteiger charge is 2.34. The largest absolute Gasteiger partial charge is 0.317 e. The van der Waals surface area contributed by atoms with Gasteiger partial charge in [0.25, 0.3) is 0 Å². The molecule has 3 rings (SSSR count). The zero-order valence-corrected chi connectivity index (χ0v) is 11.8. The second kappa shape index (κ2) is 6.51. The average molecular weight is 274 g/mol. The number of benzene rings is 1. The molecular formula is C17H23FN2. The van der Waals surface area contributed by atoms with Crippen LogP contribution in [0.3, 0.4) is 0 Å². The van der Waals surface area contributed by atoms with E-state index in [1.165, 1.54) is 25.3 Å². The lowest BCUT2D eigenvalue weighted by atomic mass is 9.98. The summed E-state index contributed by atoms with van der Waals surface area (Å²) in [7, 11) is 0. The third-order valence-corrected chi connectivity index (χ3v) is 4.40. The van der Waals surface area contributed by atoms with E-state index >= 15 is 0 Å². The van der Waals surface area contributed by atoms with Crippen LogP contribution in [-0.4, -0.2) is 25.7 Å². The van der Waals surface area contributed by atoms with Gasteiger partial charge < -0.3 is 10.6 Å². The van der Waals surface area contributed by atoms with Crippen LogP contribution in [-0.2, 0) is 0 Å². The molecule has 1 aromatic rings. The minimum atomic E-state index is -0.136. The number of piperidine rings is 1. The van der Waals surface area contributed by atoms with Crippen LogP contribution < -0.4 is 10.6 Å². The molecule has 2 nitrogen and oxygen atoms in total. The number of hydrogen-bond acceptors (Lipinski definition) is 2. The van der Waals surface area contributed by atoms with Gasteiger partial charge in [-0.25, -0.2) is 4.39 Å². The number of nitrogens with one attached hydrogen (secondary N) is 2. The first-order chi connectivity index (χ1) is 9.83. The Morgan fingerprint density at radius 1 is 1.25 bits per heavy atom. The van der Waals surface area contributed by atoms with Gasteiger partial charge in [-0.1, -0.05) is 30.4 Å². The Morgan fingerprint density at radius 2 is 2.05 bits per heavy atom. The molecule has 108 valence electrons. The van der Waals surface area contributed by atoms with Gasteiger partial charge in [-0.3, -0.25) is 0 Å². The molecule has 0 radical (unpaired) electrons. The SMILES string of the molecule is Fc1ccccc1/C=C/C1CC1NCC1CCNCC1. The highest BCUT2D eigenvalue weighted by molar-refractivity contribution is 5.50. The van der Waals surface area contributed by atoms with Gasteiger partial charge in [-0.2, -0.15) is 0 Å². The topological polar surface area (TPSA) is 24.1 Å². The highest BCUT2D eigenvalue weighted by atomic mass is 19.1. The summed E-state index contributed by atoms with van der Waals surface area (Å²) in [4.78, 5) is 0. The van der Waals surface area contributed by atoms with E-state index in [0.717, 1.165) is 25.6 Å². The quantitative estimate of drug-likeness (QED) is 0.863. The van der Waals surface area contributed by atoms with Gasteiger partial charge >= 0.3 is 0 Å². The van der Waals surface area contributed by atoms with Crippen LogP contribution in [0.5, 0.6) is 0 Å². The van der Waals surface area contributed by atoms with Crippen LogP contribution in [0.1, 0.15) is 24.8 Å². The first kappa shape index (κ1) is 13.8. The van der Waals surface area contributed by atoms with Gasteiger partial charge in [0.15, 0.2) is 0 Å². The number of rotatable bonds is 5. The fourth-order valence-corrected chi connectivity index (χ4v) is 2.90. The summed E-state index contributed by atoms with van der Waals surface area (Å²) >= 11 is 0. The average Bonchev–Trinajstić information content (AvgIpc) is 3.24. The van der Waals surface area contributed by atoms with Crippen LogP contribution in [0.4, 0.5) is 4.39 Å². The van der Waals surface area contributed by atoms with E-state index in [2.05, 4.69) is 16.7 Å². The zero-order chi connectivity index (χ0) is 13.8. The Balaban J connectivity index is 1.42. The molecule has 3 heteroatoms. The van der Waals surface area contributed by atoms with Crippen molar-refractivity contribution in [2.75, 3.05) is 19.6 Å². The van der Waals surface area contributed by atoms with E-state index in [1.54, 1.807) is 6.07 Å². The van der Waals surface area contributed by atoms with Crippen molar-refractivity contribution in [1.29, 1.82) is 0 Å². The van der Waals surface area contributed by atoms with Crippen molar-refractivity contribution < 1.29 is 4.39 Å². The molecule has 20 heavy (non-hydrogen) atoms. The smallest absolute Gasteiger partial charge is 0.130 e. The molecular weight excluding hydrogens is 251 g/mol. The zero-order valence-electron chi connectivity index (χ0n) is 11.8. The highest BCUT2D eigenvalue weighted by Crippen LogP contribution is 2.32. The van der Waals surface area contributed by atoms with Crippen LogP contribution in [0.25, 0.3) is 6.08 Å². The standard InChI is InChI=1S/C17H23FN2/c18-16-4-2-1-3-14(16)5-6-15-11-17(15)20-12-13-7-9-19-10-8-13/h1-6,13,15,17,19-20H,7-12H2/b6-5+. The van der Waals surface area contributed by atoms with Crippen molar-refractivity contribution in [3.05, 3.63) is 41.7 Å². The molecule has 2 N–H and O–H groups in total. The van der Waals surface area contributed by atoms with Gasteiger partial charge in [0.05, 0.1) is 0 Å². The summed E-state index contributed by atoms with van der Waals surface area (Å²) in [5, 5.41) is 7.05. The van der Waals surface area contributed by atoms with E-state index < -0.39 is 0 Å². The van der Waals surface area contributed by atoms with E-state index in [9.17, 15) is 4.39 Å². The molecule has 1 saturated heterocycles. The van der Waals surface area contributed by atoms with Gasteiger partial charge in [-0.15, -0.1) is 0 Å². The first-order valence-corrected chi connectivity index (χ1v) is 7.70. The molecule has 2 unspecified atom stereocenters. The van der Waals surface area contributed by atoms with Crippen LogP contribution in [0.15, 0.2) is 30.3 Å². The Kier molecular flexibility index (Phi) is 4.48. The van der Waals surface area contributed by atoms with Crippen LogP contribution in [0.2, 0.25) is 0 Å². The third-order valence-electron chi connectivity index (χ3n) is 4.40. The predicted molar refractivity (Wildman–Crippen MR) is 80.9 cm³/mol. The molecule has 1 aromatic carbocycles. The molecule has 1 saturated carbocycles. The Hall–Kier alpha value is -1.19. The summed E-state index contributed by atoms with van der Waals surface area (Å²) < 4.78 is 13.5. The maximum Gasteiger partial charge on any atom is 0.130 e. The lowest BCUT2D eigenvalue weighted by Crippen LogP contribution is -2.34. The number of halogens is 1. The van der Waals surface area contributed by atoms with E-state index in [1.807, 2.05) is 18.2 Å².